The smallest absolute Gasteiger partial charge is 0.200 e. The maximum Gasteiger partial charge on any atom is 0.200 e. The predicted octanol–water partition coefficient (Wildman–Crippen LogP) is 3.60. The van der Waals surface area contributed by atoms with Crippen LogP contribution in [0, 0.1) is 24.4 Å². The van der Waals surface area contributed by atoms with Gasteiger partial charge in [-0.25, -0.2) is 13.2 Å². The molecule has 3 rings (SSSR count). The predicted molar refractivity (Wildman–Crippen MR) is 75.9 cm³/mol. The minimum Gasteiger partial charge on any atom is -0.504 e. The Morgan fingerprint density at radius 3 is 2.30 bits per heavy atom. The first-order valence-corrected chi connectivity index (χ1v) is 6.43. The van der Waals surface area contributed by atoms with Crippen LogP contribution in [0.2, 0.25) is 0 Å². The van der Waals surface area contributed by atoms with E-state index in [-0.39, 0.29) is 16.5 Å². The van der Waals surface area contributed by atoms with Gasteiger partial charge in [0.15, 0.2) is 23.1 Å². The Morgan fingerprint density at radius 2 is 1.61 bits per heavy atom. The highest BCUT2D eigenvalue weighted by Crippen LogP contribution is 2.31. The summed E-state index contributed by atoms with van der Waals surface area (Å²) < 4.78 is 46.2. The molecule has 7 heteroatoms. The zero-order valence-corrected chi connectivity index (χ0v) is 11.7. The van der Waals surface area contributed by atoms with Crippen molar-refractivity contribution >= 4 is 11.0 Å². The van der Waals surface area contributed by atoms with Gasteiger partial charge in [-0.2, -0.15) is 0 Å². The second kappa shape index (κ2) is 5.05. The van der Waals surface area contributed by atoms with Gasteiger partial charge >= 0.3 is 0 Å². The van der Waals surface area contributed by atoms with Crippen LogP contribution in [0.1, 0.15) is 5.56 Å². The molecular weight excluding hydrogens is 313 g/mol. The van der Waals surface area contributed by atoms with Crippen molar-refractivity contribution in [3.8, 4) is 22.6 Å². The van der Waals surface area contributed by atoms with Crippen LogP contribution in [0.4, 0.5) is 13.2 Å². The quantitative estimate of drug-likeness (QED) is 0.530. The number of rotatable bonds is 1. The van der Waals surface area contributed by atoms with Crippen molar-refractivity contribution in [3.05, 3.63) is 57.7 Å². The number of halogens is 3. The first-order chi connectivity index (χ1) is 10.8. The SMILES string of the molecule is Cc1c(F)c(F)cc(-c2coc3cc(O)c(O)cc3c2=O)c1F. The molecule has 118 valence electrons. The zero-order chi connectivity index (χ0) is 16.9. The molecule has 0 atom stereocenters. The first-order valence-electron chi connectivity index (χ1n) is 6.43. The van der Waals surface area contributed by atoms with Crippen molar-refractivity contribution in [3.63, 3.8) is 0 Å². The van der Waals surface area contributed by atoms with Crippen LogP contribution in [0.25, 0.3) is 22.1 Å². The van der Waals surface area contributed by atoms with Crippen molar-refractivity contribution in [2.75, 3.05) is 0 Å². The fraction of sp³-hybridized carbons (Fsp3) is 0.0625. The molecule has 0 saturated carbocycles. The van der Waals surface area contributed by atoms with E-state index < -0.39 is 45.5 Å². The molecule has 0 fully saturated rings. The molecule has 0 aliphatic heterocycles. The van der Waals surface area contributed by atoms with Gasteiger partial charge in [0.2, 0.25) is 5.43 Å². The van der Waals surface area contributed by atoms with Gasteiger partial charge in [0.25, 0.3) is 0 Å². The summed E-state index contributed by atoms with van der Waals surface area (Å²) in [5, 5.41) is 18.7. The molecule has 0 radical (unpaired) electrons. The van der Waals surface area contributed by atoms with E-state index in [9.17, 15) is 28.2 Å². The van der Waals surface area contributed by atoms with Crippen LogP contribution in [-0.4, -0.2) is 10.2 Å². The molecule has 4 nitrogen and oxygen atoms in total. The van der Waals surface area contributed by atoms with Crippen LogP contribution >= 0.6 is 0 Å². The Hall–Kier alpha value is -2.96. The minimum absolute atomic E-state index is 0.0474. The van der Waals surface area contributed by atoms with Crippen molar-refractivity contribution in [2.24, 2.45) is 0 Å². The molecule has 0 amide bonds. The van der Waals surface area contributed by atoms with Gasteiger partial charge in [-0.3, -0.25) is 4.79 Å². The number of phenolic OH excluding ortho intramolecular Hbond substituents is 2. The highest BCUT2D eigenvalue weighted by molar-refractivity contribution is 5.84. The highest BCUT2D eigenvalue weighted by Gasteiger charge is 2.20. The van der Waals surface area contributed by atoms with Gasteiger partial charge in [-0.15, -0.1) is 0 Å². The lowest BCUT2D eigenvalue weighted by Gasteiger charge is -2.08. The van der Waals surface area contributed by atoms with Gasteiger partial charge < -0.3 is 14.6 Å². The third kappa shape index (κ3) is 2.21. The molecule has 0 unspecified atom stereocenters. The lowest BCUT2D eigenvalue weighted by Crippen LogP contribution is -2.08. The zero-order valence-electron chi connectivity index (χ0n) is 11.7. The summed E-state index contributed by atoms with van der Waals surface area (Å²) in [4.78, 5) is 12.4. The van der Waals surface area contributed by atoms with Crippen molar-refractivity contribution in [1.29, 1.82) is 0 Å². The molecule has 0 saturated heterocycles. The Kier molecular flexibility index (Phi) is 3.28. The largest absolute Gasteiger partial charge is 0.504 e. The van der Waals surface area contributed by atoms with Gasteiger partial charge in [0, 0.05) is 17.2 Å². The number of aromatic hydroxyl groups is 2. The summed E-state index contributed by atoms with van der Waals surface area (Å²) in [5.74, 6) is -4.78. The molecule has 0 bridgehead atoms. The fourth-order valence-electron chi connectivity index (χ4n) is 2.27. The third-order valence-electron chi connectivity index (χ3n) is 3.54. The molecular formula is C16H9F3O4. The molecule has 0 spiro atoms. The van der Waals surface area contributed by atoms with E-state index in [1.807, 2.05) is 0 Å². The minimum atomic E-state index is -1.33. The van der Waals surface area contributed by atoms with E-state index in [1.165, 1.54) is 0 Å². The lowest BCUT2D eigenvalue weighted by atomic mass is 10.0. The second-order valence-electron chi connectivity index (χ2n) is 4.97. The topological polar surface area (TPSA) is 70.7 Å². The molecule has 1 aromatic heterocycles. The van der Waals surface area contributed by atoms with Crippen LogP contribution < -0.4 is 5.43 Å². The van der Waals surface area contributed by atoms with Crippen LogP contribution in [0.3, 0.4) is 0 Å². The van der Waals surface area contributed by atoms with E-state index in [0.29, 0.717) is 6.07 Å². The average molecular weight is 322 g/mol. The number of benzene rings is 2. The molecule has 1 heterocycles. The summed E-state index contributed by atoms with van der Waals surface area (Å²) in [6.07, 6.45) is 0.885. The highest BCUT2D eigenvalue weighted by atomic mass is 19.2. The van der Waals surface area contributed by atoms with E-state index >= 15 is 0 Å². The Balaban J connectivity index is 2.37. The fourth-order valence-corrected chi connectivity index (χ4v) is 2.27. The van der Waals surface area contributed by atoms with Gasteiger partial charge in [-0.05, 0) is 19.1 Å². The van der Waals surface area contributed by atoms with E-state index in [0.717, 1.165) is 25.3 Å². The molecule has 23 heavy (non-hydrogen) atoms. The molecule has 3 aromatic rings. The average Bonchev–Trinajstić information content (AvgIpc) is 2.52. The van der Waals surface area contributed by atoms with Gasteiger partial charge in [-0.1, -0.05) is 0 Å². The van der Waals surface area contributed by atoms with Gasteiger partial charge in [0.05, 0.1) is 10.9 Å². The monoisotopic (exact) mass is 322 g/mol. The number of phenols is 2. The van der Waals surface area contributed by atoms with Gasteiger partial charge in [0.1, 0.15) is 17.7 Å². The van der Waals surface area contributed by atoms with Crippen molar-refractivity contribution in [1.82, 2.24) is 0 Å². The third-order valence-corrected chi connectivity index (χ3v) is 3.54. The number of hydrogen-bond acceptors (Lipinski definition) is 4. The Morgan fingerprint density at radius 1 is 0.957 bits per heavy atom. The van der Waals surface area contributed by atoms with Crippen LogP contribution in [-0.2, 0) is 0 Å². The maximum atomic E-state index is 14.2. The molecule has 0 aliphatic carbocycles. The normalized spacial score (nSPS) is 11.1. The van der Waals surface area contributed by atoms with Crippen LogP contribution in [0.15, 0.2) is 33.7 Å². The van der Waals surface area contributed by atoms with Crippen molar-refractivity contribution < 1.29 is 27.8 Å². The summed E-state index contributed by atoms with van der Waals surface area (Å²) in [7, 11) is 0. The van der Waals surface area contributed by atoms with Crippen LogP contribution in [0.5, 0.6) is 11.5 Å². The summed E-state index contributed by atoms with van der Waals surface area (Å²) >= 11 is 0. The molecule has 2 N–H and O–H groups in total. The second-order valence-corrected chi connectivity index (χ2v) is 4.97. The standard InChI is InChI=1S/C16H9F3O4/c1-6-14(18)7(2-10(17)15(6)19)9-5-23-13-4-12(21)11(20)3-8(13)16(9)22/h2-5,20-21H,1H3. The van der Waals surface area contributed by atoms with E-state index in [4.69, 9.17) is 4.42 Å². The summed E-state index contributed by atoms with van der Waals surface area (Å²) in [5.41, 5.74) is -2.15. The lowest BCUT2D eigenvalue weighted by molar-refractivity contribution is 0.403. The molecule has 2 aromatic carbocycles. The Bertz CT molecular complexity index is 1010. The summed E-state index contributed by atoms with van der Waals surface area (Å²) in [6, 6.07) is 2.53. The number of fused-ring (bicyclic) bond motifs is 1. The van der Waals surface area contributed by atoms with Crippen molar-refractivity contribution in [2.45, 2.75) is 6.92 Å². The summed E-state index contributed by atoms with van der Waals surface area (Å²) in [6.45, 7) is 1.05. The first kappa shape index (κ1) is 15.0. The molecule has 0 aliphatic rings. The maximum absolute atomic E-state index is 14.2. The number of hydrogen-bond donors (Lipinski definition) is 2. The van der Waals surface area contributed by atoms with E-state index in [1.54, 1.807) is 0 Å². The van der Waals surface area contributed by atoms with E-state index in [2.05, 4.69) is 0 Å². The Labute approximate surface area is 127 Å².